The van der Waals surface area contributed by atoms with E-state index in [2.05, 4.69) is 20.3 Å². The molecule has 0 bridgehead atoms. The number of nitrogens with one attached hydrogen (secondary N) is 1. The van der Waals surface area contributed by atoms with Crippen LogP contribution in [-0.2, 0) is 4.74 Å². The minimum Gasteiger partial charge on any atom is -0.394 e. The van der Waals surface area contributed by atoms with Gasteiger partial charge < -0.3 is 30.5 Å². The molecule has 1 aliphatic heterocycles. The zero-order valence-corrected chi connectivity index (χ0v) is 13.6. The van der Waals surface area contributed by atoms with E-state index in [0.29, 0.717) is 23.5 Å². The Labute approximate surface area is 143 Å². The number of fused-ring (bicyclic) bond motifs is 1. The Morgan fingerprint density at radius 2 is 2.08 bits per heavy atom. The van der Waals surface area contributed by atoms with Crippen LogP contribution in [0.4, 0.5) is 5.82 Å². The maximum absolute atomic E-state index is 10.2. The van der Waals surface area contributed by atoms with Crippen molar-refractivity contribution in [3.8, 4) is 0 Å². The van der Waals surface area contributed by atoms with Crippen LogP contribution in [0.25, 0.3) is 11.2 Å². The van der Waals surface area contributed by atoms with Gasteiger partial charge in [-0.05, 0) is 6.92 Å². The lowest BCUT2D eigenvalue weighted by Crippen LogP contribution is -2.33. The number of aliphatic hydroxyl groups is 4. The molecule has 0 radical (unpaired) electrons. The lowest BCUT2D eigenvalue weighted by Gasteiger charge is -2.16. The molecule has 0 aromatic carbocycles. The summed E-state index contributed by atoms with van der Waals surface area (Å²) in [4.78, 5) is 12.6. The summed E-state index contributed by atoms with van der Waals surface area (Å²) in [6.07, 6.45) is 0.443. The smallest absolute Gasteiger partial charge is 0.167 e. The van der Waals surface area contributed by atoms with Crippen LogP contribution in [0.3, 0.4) is 0 Å². The summed E-state index contributed by atoms with van der Waals surface area (Å²) in [5, 5.41) is 41.4. The summed E-state index contributed by atoms with van der Waals surface area (Å²) in [6, 6.07) is 0. The van der Waals surface area contributed by atoms with Gasteiger partial charge in [0.1, 0.15) is 24.6 Å². The first-order chi connectivity index (χ1) is 12.1. The molecule has 0 aliphatic carbocycles. The van der Waals surface area contributed by atoms with Gasteiger partial charge in [-0.15, -0.1) is 0 Å². The Hall–Kier alpha value is -2.11. The van der Waals surface area contributed by atoms with Crippen molar-refractivity contribution < 1.29 is 25.2 Å². The number of ether oxygens (including phenoxy) is 1. The Balaban J connectivity index is 1.86. The SMILES string of the molecule is C/C(=C/CNc1ncnc2c1ncn2[C@@H]1OC(CO)[C@@H](O)[C@H]1O)CO. The predicted octanol–water partition coefficient (Wildman–Crippen LogP) is -1.21. The Kier molecular flexibility index (Phi) is 5.25. The molecule has 136 valence electrons. The highest BCUT2D eigenvalue weighted by molar-refractivity contribution is 5.82. The molecular weight excluding hydrogens is 330 g/mol. The second kappa shape index (κ2) is 7.42. The van der Waals surface area contributed by atoms with Crippen LogP contribution in [0.15, 0.2) is 24.3 Å². The second-order valence-corrected chi connectivity index (χ2v) is 5.86. The zero-order chi connectivity index (χ0) is 18.0. The number of imidazole rings is 1. The number of aromatic nitrogens is 4. The van der Waals surface area contributed by atoms with Crippen molar-refractivity contribution in [2.24, 2.45) is 0 Å². The Morgan fingerprint density at radius 3 is 2.76 bits per heavy atom. The first kappa shape index (κ1) is 17.7. The number of rotatable bonds is 6. The molecule has 4 atom stereocenters. The molecule has 0 amide bonds. The molecule has 1 unspecified atom stereocenters. The van der Waals surface area contributed by atoms with Crippen LogP contribution in [-0.4, -0.2) is 78.0 Å². The van der Waals surface area contributed by atoms with E-state index in [1.54, 1.807) is 0 Å². The summed E-state index contributed by atoms with van der Waals surface area (Å²) in [5.41, 5.74) is 1.74. The lowest BCUT2D eigenvalue weighted by molar-refractivity contribution is -0.0511. The van der Waals surface area contributed by atoms with Gasteiger partial charge >= 0.3 is 0 Å². The Morgan fingerprint density at radius 1 is 1.28 bits per heavy atom. The molecule has 2 aromatic heterocycles. The molecule has 0 saturated carbocycles. The van der Waals surface area contributed by atoms with Crippen molar-refractivity contribution in [1.29, 1.82) is 0 Å². The van der Waals surface area contributed by atoms with E-state index >= 15 is 0 Å². The molecule has 2 aromatic rings. The van der Waals surface area contributed by atoms with E-state index < -0.39 is 31.1 Å². The van der Waals surface area contributed by atoms with Crippen molar-refractivity contribution in [2.45, 2.75) is 31.5 Å². The molecule has 10 nitrogen and oxygen atoms in total. The molecule has 5 N–H and O–H groups in total. The molecule has 1 aliphatic rings. The van der Waals surface area contributed by atoms with Gasteiger partial charge in [-0.25, -0.2) is 15.0 Å². The second-order valence-electron chi connectivity index (χ2n) is 5.86. The molecule has 0 spiro atoms. The zero-order valence-electron chi connectivity index (χ0n) is 13.6. The van der Waals surface area contributed by atoms with E-state index in [0.717, 1.165) is 5.57 Å². The van der Waals surface area contributed by atoms with E-state index in [1.807, 2.05) is 13.0 Å². The van der Waals surface area contributed by atoms with Crippen molar-refractivity contribution in [3.05, 3.63) is 24.3 Å². The fraction of sp³-hybridized carbons (Fsp3) is 0.533. The molecule has 1 saturated heterocycles. The highest BCUT2D eigenvalue weighted by Gasteiger charge is 2.44. The monoisotopic (exact) mass is 351 g/mol. The minimum absolute atomic E-state index is 0.0131. The van der Waals surface area contributed by atoms with Gasteiger partial charge in [-0.1, -0.05) is 11.6 Å². The van der Waals surface area contributed by atoms with Gasteiger partial charge in [0, 0.05) is 6.54 Å². The summed E-state index contributed by atoms with van der Waals surface area (Å²) in [6.45, 7) is 1.85. The predicted molar refractivity (Wildman–Crippen MR) is 87.7 cm³/mol. The van der Waals surface area contributed by atoms with Crippen LogP contribution in [0.2, 0.25) is 0 Å². The maximum Gasteiger partial charge on any atom is 0.167 e. The van der Waals surface area contributed by atoms with E-state index in [-0.39, 0.29) is 6.61 Å². The molecule has 3 rings (SSSR count). The number of hydrogen-bond acceptors (Lipinski definition) is 9. The van der Waals surface area contributed by atoms with Crippen LogP contribution in [0.5, 0.6) is 0 Å². The van der Waals surface area contributed by atoms with E-state index in [1.165, 1.54) is 17.2 Å². The minimum atomic E-state index is -1.21. The highest BCUT2D eigenvalue weighted by atomic mass is 16.6. The third-order valence-electron chi connectivity index (χ3n) is 4.12. The fourth-order valence-corrected chi connectivity index (χ4v) is 2.66. The number of hydrogen-bond donors (Lipinski definition) is 5. The largest absolute Gasteiger partial charge is 0.394 e. The third-order valence-corrected chi connectivity index (χ3v) is 4.12. The number of nitrogens with zero attached hydrogens (tertiary/aromatic N) is 4. The van der Waals surface area contributed by atoms with Crippen molar-refractivity contribution in [2.75, 3.05) is 25.1 Å². The first-order valence-corrected chi connectivity index (χ1v) is 7.87. The normalized spacial score (nSPS) is 27.2. The summed E-state index contributed by atoms with van der Waals surface area (Å²) in [7, 11) is 0. The molecule has 25 heavy (non-hydrogen) atoms. The summed E-state index contributed by atoms with van der Waals surface area (Å²) < 4.78 is 7.01. The topological polar surface area (TPSA) is 146 Å². The molecular formula is C15H21N5O5. The average molecular weight is 351 g/mol. The van der Waals surface area contributed by atoms with Gasteiger partial charge in [0.2, 0.25) is 0 Å². The third kappa shape index (κ3) is 3.34. The van der Waals surface area contributed by atoms with Gasteiger partial charge in [-0.2, -0.15) is 0 Å². The van der Waals surface area contributed by atoms with Crippen molar-refractivity contribution in [3.63, 3.8) is 0 Å². The number of anilines is 1. The fourth-order valence-electron chi connectivity index (χ4n) is 2.66. The van der Waals surface area contributed by atoms with E-state index in [9.17, 15) is 15.3 Å². The van der Waals surface area contributed by atoms with Gasteiger partial charge in [-0.3, -0.25) is 4.57 Å². The standard InChI is InChI=1S/C15H21N5O5/c1-8(4-21)2-3-16-13-10-14(18-6-17-13)20(7-19-10)15-12(24)11(23)9(5-22)25-15/h2,6-7,9,11-12,15,21-24H,3-5H2,1H3,(H,16,17,18)/b8-2-/t9?,11-,12-,15-/m1/s1. The average Bonchev–Trinajstić information content (AvgIpc) is 3.17. The van der Waals surface area contributed by atoms with Crippen LogP contribution >= 0.6 is 0 Å². The molecule has 10 heteroatoms. The van der Waals surface area contributed by atoms with Crippen LogP contribution < -0.4 is 5.32 Å². The van der Waals surface area contributed by atoms with Gasteiger partial charge in [0.15, 0.2) is 23.2 Å². The van der Waals surface area contributed by atoms with Gasteiger partial charge in [0.25, 0.3) is 0 Å². The first-order valence-electron chi connectivity index (χ1n) is 7.87. The maximum atomic E-state index is 10.2. The van der Waals surface area contributed by atoms with Crippen LogP contribution in [0, 0.1) is 0 Å². The quantitative estimate of drug-likeness (QED) is 0.404. The van der Waals surface area contributed by atoms with Crippen molar-refractivity contribution >= 4 is 17.0 Å². The van der Waals surface area contributed by atoms with Gasteiger partial charge in [0.05, 0.1) is 19.5 Å². The van der Waals surface area contributed by atoms with Crippen molar-refractivity contribution in [1.82, 2.24) is 19.5 Å². The summed E-state index contributed by atoms with van der Waals surface area (Å²) >= 11 is 0. The number of aliphatic hydroxyl groups excluding tert-OH is 4. The van der Waals surface area contributed by atoms with E-state index in [4.69, 9.17) is 9.84 Å². The molecule has 1 fully saturated rings. The summed E-state index contributed by atoms with van der Waals surface area (Å²) in [5.74, 6) is 0.498. The molecule has 3 heterocycles. The Bertz CT molecular complexity index is 764. The highest BCUT2D eigenvalue weighted by Crippen LogP contribution is 2.31. The lowest BCUT2D eigenvalue weighted by atomic mass is 10.1. The van der Waals surface area contributed by atoms with Crippen LogP contribution in [0.1, 0.15) is 13.2 Å².